The van der Waals surface area contributed by atoms with Crippen LogP contribution in [0.3, 0.4) is 0 Å². The molecule has 0 spiro atoms. The summed E-state index contributed by atoms with van der Waals surface area (Å²) in [5.41, 5.74) is 0.329. The number of hydrogen-bond acceptors (Lipinski definition) is 4. The lowest BCUT2D eigenvalue weighted by molar-refractivity contribution is -0.139. The zero-order chi connectivity index (χ0) is 13.1. The summed E-state index contributed by atoms with van der Waals surface area (Å²) in [6.45, 7) is 1.08. The van der Waals surface area contributed by atoms with E-state index in [1.165, 1.54) is 4.90 Å². The standard InChI is InChI=1S/C11H15N3O4/c1-13-5-9(12-7-13)11(17)14-2-3-18-6-8(14)4-10(15)16/h5,7-8H,2-4,6H2,1H3,(H,15,16). The third kappa shape index (κ3) is 2.67. The maximum absolute atomic E-state index is 12.2. The molecule has 1 atom stereocenters. The number of ether oxygens (including phenoxy) is 1. The highest BCUT2D eigenvalue weighted by Gasteiger charge is 2.30. The predicted molar refractivity (Wildman–Crippen MR) is 61.1 cm³/mol. The van der Waals surface area contributed by atoms with E-state index in [0.717, 1.165) is 0 Å². The summed E-state index contributed by atoms with van der Waals surface area (Å²) in [4.78, 5) is 28.5. The molecule has 1 aromatic rings. The molecule has 0 radical (unpaired) electrons. The second-order valence-electron chi connectivity index (χ2n) is 4.25. The van der Waals surface area contributed by atoms with Gasteiger partial charge in [-0.05, 0) is 0 Å². The molecular weight excluding hydrogens is 238 g/mol. The van der Waals surface area contributed by atoms with Crippen LogP contribution in [0.25, 0.3) is 0 Å². The van der Waals surface area contributed by atoms with Crippen LogP contribution in [0, 0.1) is 0 Å². The third-order valence-corrected chi connectivity index (χ3v) is 2.82. The zero-order valence-corrected chi connectivity index (χ0v) is 10.1. The smallest absolute Gasteiger partial charge is 0.305 e. The van der Waals surface area contributed by atoms with E-state index in [4.69, 9.17) is 9.84 Å². The van der Waals surface area contributed by atoms with Gasteiger partial charge in [0.2, 0.25) is 0 Å². The molecule has 0 aromatic carbocycles. The van der Waals surface area contributed by atoms with Crippen molar-refractivity contribution >= 4 is 11.9 Å². The Morgan fingerprint density at radius 1 is 1.61 bits per heavy atom. The molecule has 1 saturated heterocycles. The van der Waals surface area contributed by atoms with Crippen LogP contribution in [0.1, 0.15) is 16.9 Å². The van der Waals surface area contributed by atoms with Crippen molar-refractivity contribution in [2.75, 3.05) is 19.8 Å². The maximum Gasteiger partial charge on any atom is 0.305 e. The van der Waals surface area contributed by atoms with Crippen LogP contribution < -0.4 is 0 Å². The molecule has 1 unspecified atom stereocenters. The molecule has 1 aliphatic rings. The molecular formula is C11H15N3O4. The third-order valence-electron chi connectivity index (χ3n) is 2.82. The molecule has 18 heavy (non-hydrogen) atoms. The van der Waals surface area contributed by atoms with Gasteiger partial charge in [0.25, 0.3) is 5.91 Å². The molecule has 1 aromatic heterocycles. The highest BCUT2D eigenvalue weighted by Crippen LogP contribution is 2.14. The van der Waals surface area contributed by atoms with Crippen LogP contribution in [0.5, 0.6) is 0 Å². The average Bonchev–Trinajstić information content (AvgIpc) is 2.75. The molecule has 2 heterocycles. The Hall–Kier alpha value is -1.89. The second-order valence-corrected chi connectivity index (χ2v) is 4.25. The summed E-state index contributed by atoms with van der Waals surface area (Å²) >= 11 is 0. The number of nitrogens with zero attached hydrogens (tertiary/aromatic N) is 3. The van der Waals surface area contributed by atoms with Crippen molar-refractivity contribution in [3.05, 3.63) is 18.2 Å². The summed E-state index contributed by atoms with van der Waals surface area (Å²) in [5, 5.41) is 8.83. The van der Waals surface area contributed by atoms with Crippen molar-refractivity contribution in [3.63, 3.8) is 0 Å². The first-order valence-corrected chi connectivity index (χ1v) is 5.66. The van der Waals surface area contributed by atoms with Gasteiger partial charge in [0, 0.05) is 19.8 Å². The minimum atomic E-state index is -0.940. The summed E-state index contributed by atoms with van der Waals surface area (Å²) in [6.07, 6.45) is 3.05. The van der Waals surface area contributed by atoms with E-state index >= 15 is 0 Å². The number of carbonyl (C=O) groups is 2. The Kier molecular flexibility index (Phi) is 3.61. The second kappa shape index (κ2) is 5.18. The SMILES string of the molecule is Cn1cnc(C(=O)N2CCOCC2CC(=O)O)c1. The number of carboxylic acid groups (broad SMARTS) is 1. The quantitative estimate of drug-likeness (QED) is 0.802. The number of amides is 1. The van der Waals surface area contributed by atoms with E-state index in [2.05, 4.69) is 4.98 Å². The molecule has 1 aliphatic heterocycles. The maximum atomic E-state index is 12.2. The summed E-state index contributed by atoms with van der Waals surface area (Å²) < 4.78 is 6.90. The minimum absolute atomic E-state index is 0.113. The van der Waals surface area contributed by atoms with Gasteiger partial charge >= 0.3 is 5.97 Å². The fraction of sp³-hybridized carbons (Fsp3) is 0.545. The Morgan fingerprint density at radius 3 is 3.00 bits per heavy atom. The number of carboxylic acids is 1. The van der Waals surface area contributed by atoms with E-state index in [9.17, 15) is 9.59 Å². The van der Waals surface area contributed by atoms with Gasteiger partial charge in [0.1, 0.15) is 5.69 Å². The normalized spacial score (nSPS) is 19.8. The zero-order valence-electron chi connectivity index (χ0n) is 10.1. The molecule has 2 rings (SSSR count). The Labute approximate surface area is 104 Å². The minimum Gasteiger partial charge on any atom is -0.481 e. The van der Waals surface area contributed by atoms with Gasteiger partial charge in [-0.25, -0.2) is 4.98 Å². The van der Waals surface area contributed by atoms with Gasteiger partial charge in [-0.3, -0.25) is 9.59 Å². The van der Waals surface area contributed by atoms with Gasteiger partial charge < -0.3 is 19.3 Å². The summed E-state index contributed by atoms with van der Waals surface area (Å²) in [6, 6.07) is -0.425. The highest BCUT2D eigenvalue weighted by molar-refractivity contribution is 5.92. The molecule has 1 amide bonds. The van der Waals surface area contributed by atoms with Crippen LogP contribution in [-0.4, -0.2) is 57.2 Å². The molecule has 98 valence electrons. The van der Waals surface area contributed by atoms with E-state index in [0.29, 0.717) is 18.8 Å². The Morgan fingerprint density at radius 2 is 2.39 bits per heavy atom. The van der Waals surface area contributed by atoms with Gasteiger partial charge in [-0.1, -0.05) is 0 Å². The lowest BCUT2D eigenvalue weighted by Gasteiger charge is -2.34. The number of carbonyl (C=O) groups excluding carboxylic acids is 1. The first-order valence-electron chi connectivity index (χ1n) is 5.66. The van der Waals surface area contributed by atoms with Crippen LogP contribution in [0.2, 0.25) is 0 Å². The van der Waals surface area contributed by atoms with Crippen molar-refractivity contribution in [1.82, 2.24) is 14.5 Å². The number of imidazole rings is 1. The molecule has 0 saturated carbocycles. The van der Waals surface area contributed by atoms with E-state index in [1.54, 1.807) is 24.1 Å². The van der Waals surface area contributed by atoms with E-state index < -0.39 is 12.0 Å². The summed E-state index contributed by atoms with van der Waals surface area (Å²) in [5.74, 6) is -1.19. The number of morpholine rings is 1. The Bertz CT molecular complexity index is 457. The number of aliphatic carboxylic acids is 1. The van der Waals surface area contributed by atoms with E-state index in [1.807, 2.05) is 0 Å². The number of hydrogen-bond donors (Lipinski definition) is 1. The van der Waals surface area contributed by atoms with Crippen LogP contribution in [0.4, 0.5) is 0 Å². The van der Waals surface area contributed by atoms with Crippen molar-refractivity contribution in [1.29, 1.82) is 0 Å². The first-order chi connectivity index (χ1) is 8.58. The van der Waals surface area contributed by atoms with Crippen LogP contribution in [0.15, 0.2) is 12.5 Å². The average molecular weight is 253 g/mol. The van der Waals surface area contributed by atoms with Crippen molar-refractivity contribution in [2.45, 2.75) is 12.5 Å². The highest BCUT2D eigenvalue weighted by atomic mass is 16.5. The van der Waals surface area contributed by atoms with Crippen LogP contribution in [-0.2, 0) is 16.6 Å². The van der Waals surface area contributed by atoms with Gasteiger partial charge in [-0.15, -0.1) is 0 Å². The van der Waals surface area contributed by atoms with Crippen molar-refractivity contribution in [2.24, 2.45) is 7.05 Å². The Balaban J connectivity index is 2.13. The predicted octanol–water partition coefficient (Wildman–Crippen LogP) is -0.264. The fourth-order valence-electron chi connectivity index (χ4n) is 1.96. The monoisotopic (exact) mass is 253 g/mol. The topological polar surface area (TPSA) is 84.7 Å². The summed E-state index contributed by atoms with van der Waals surface area (Å²) in [7, 11) is 1.78. The number of aryl methyl sites for hydroxylation is 1. The first kappa shape index (κ1) is 12.6. The molecule has 7 nitrogen and oxygen atoms in total. The van der Waals surface area contributed by atoms with Gasteiger partial charge in [0.15, 0.2) is 0 Å². The molecule has 7 heteroatoms. The number of rotatable bonds is 3. The molecule has 0 aliphatic carbocycles. The molecule has 1 N–H and O–H groups in total. The van der Waals surface area contributed by atoms with Crippen molar-refractivity contribution in [3.8, 4) is 0 Å². The van der Waals surface area contributed by atoms with Gasteiger partial charge in [0.05, 0.1) is 32.0 Å². The lowest BCUT2D eigenvalue weighted by atomic mass is 10.1. The lowest BCUT2D eigenvalue weighted by Crippen LogP contribution is -2.49. The molecule has 1 fully saturated rings. The van der Waals surface area contributed by atoms with Crippen molar-refractivity contribution < 1.29 is 19.4 Å². The van der Waals surface area contributed by atoms with Gasteiger partial charge in [-0.2, -0.15) is 0 Å². The van der Waals surface area contributed by atoms with E-state index in [-0.39, 0.29) is 18.9 Å². The fourth-order valence-corrected chi connectivity index (χ4v) is 1.96. The van der Waals surface area contributed by atoms with Crippen LogP contribution >= 0.6 is 0 Å². The molecule has 0 bridgehead atoms. The largest absolute Gasteiger partial charge is 0.481 e. The number of aromatic nitrogens is 2.